The fourth-order valence-electron chi connectivity index (χ4n) is 3.77. The molecule has 0 aromatic heterocycles. The van der Waals surface area contributed by atoms with Crippen molar-refractivity contribution in [2.45, 2.75) is 65.0 Å². The van der Waals surface area contributed by atoms with Crippen LogP contribution in [0.1, 0.15) is 53.4 Å². The quantitative estimate of drug-likeness (QED) is 0.626. The van der Waals surface area contributed by atoms with Gasteiger partial charge in [0.1, 0.15) is 0 Å². The number of nitrogens with one attached hydrogen (secondary N) is 1. The number of piperidine rings is 1. The van der Waals surface area contributed by atoms with Crippen molar-refractivity contribution in [3.05, 3.63) is 0 Å². The average Bonchev–Trinajstić information content (AvgIpc) is 2.00. The molecule has 1 saturated carbocycles. The molecule has 1 N–H and O–H groups in total. The van der Waals surface area contributed by atoms with Crippen molar-refractivity contribution < 1.29 is 0 Å². The topological polar surface area (TPSA) is 12.0 Å². The minimum atomic E-state index is 0.373. The van der Waals surface area contributed by atoms with E-state index in [4.69, 9.17) is 0 Å². The second-order valence-electron chi connectivity index (χ2n) is 6.40. The van der Waals surface area contributed by atoms with Crippen molar-refractivity contribution in [3.63, 3.8) is 0 Å². The lowest BCUT2D eigenvalue weighted by Gasteiger charge is -2.49. The predicted octanol–water partition coefficient (Wildman–Crippen LogP) is 3.20. The van der Waals surface area contributed by atoms with Crippen molar-refractivity contribution in [1.82, 2.24) is 5.32 Å². The summed E-state index contributed by atoms with van der Waals surface area (Å²) in [5.74, 6) is 2.81. The summed E-state index contributed by atoms with van der Waals surface area (Å²) in [7, 11) is 0. The van der Waals surface area contributed by atoms with Crippen LogP contribution in [0.25, 0.3) is 0 Å². The third-order valence-corrected chi connectivity index (χ3v) is 4.31. The van der Waals surface area contributed by atoms with Crippen LogP contribution in [-0.4, -0.2) is 11.6 Å². The van der Waals surface area contributed by atoms with E-state index < -0.39 is 0 Å². The van der Waals surface area contributed by atoms with Gasteiger partial charge in [0, 0.05) is 11.6 Å². The number of hydrogen-bond donors (Lipinski definition) is 1. The second kappa shape index (κ2) is 3.52. The molecule has 0 bridgehead atoms. The molecule has 1 heterocycles. The summed E-state index contributed by atoms with van der Waals surface area (Å²) < 4.78 is 0. The summed E-state index contributed by atoms with van der Waals surface area (Å²) >= 11 is 0. The van der Waals surface area contributed by atoms with E-state index in [2.05, 4.69) is 33.0 Å². The zero-order valence-corrected chi connectivity index (χ0v) is 10.1. The smallest absolute Gasteiger partial charge is 0.0130 e. The zero-order valence-electron chi connectivity index (χ0n) is 10.1. The Labute approximate surface area is 88.7 Å². The lowest BCUT2D eigenvalue weighted by molar-refractivity contribution is 0.0667. The summed E-state index contributed by atoms with van der Waals surface area (Å²) in [6.45, 7) is 9.58. The lowest BCUT2D eigenvalue weighted by Crippen LogP contribution is -2.58. The maximum absolute atomic E-state index is 3.86. The summed E-state index contributed by atoms with van der Waals surface area (Å²) in [6.07, 6.45) is 5.66. The molecule has 4 unspecified atom stereocenters. The van der Waals surface area contributed by atoms with E-state index in [-0.39, 0.29) is 0 Å². The molecule has 0 aromatic carbocycles. The Morgan fingerprint density at radius 3 is 2.57 bits per heavy atom. The summed E-state index contributed by atoms with van der Waals surface area (Å²) in [5, 5.41) is 3.86. The molecule has 0 radical (unpaired) electrons. The van der Waals surface area contributed by atoms with Gasteiger partial charge in [-0.2, -0.15) is 0 Å². The molecule has 1 nitrogen and oxygen atoms in total. The van der Waals surface area contributed by atoms with Crippen molar-refractivity contribution in [2.24, 2.45) is 17.8 Å². The molecule has 14 heavy (non-hydrogen) atoms. The van der Waals surface area contributed by atoms with Crippen LogP contribution in [0, 0.1) is 17.8 Å². The van der Waals surface area contributed by atoms with Crippen LogP contribution in [0.15, 0.2) is 0 Å². The zero-order chi connectivity index (χ0) is 10.3. The number of rotatable bonds is 0. The highest BCUT2D eigenvalue weighted by Crippen LogP contribution is 2.40. The van der Waals surface area contributed by atoms with Gasteiger partial charge in [-0.1, -0.05) is 20.3 Å². The molecule has 1 aliphatic heterocycles. The van der Waals surface area contributed by atoms with Gasteiger partial charge in [0.2, 0.25) is 0 Å². The molecule has 4 atom stereocenters. The Morgan fingerprint density at radius 2 is 1.86 bits per heavy atom. The molecule has 1 aliphatic carbocycles. The Hall–Kier alpha value is -0.0400. The molecule has 1 saturated heterocycles. The van der Waals surface area contributed by atoms with E-state index >= 15 is 0 Å². The van der Waals surface area contributed by atoms with E-state index in [1.165, 1.54) is 25.7 Å². The third-order valence-electron chi connectivity index (χ3n) is 4.31. The van der Waals surface area contributed by atoms with Crippen molar-refractivity contribution in [3.8, 4) is 0 Å². The van der Waals surface area contributed by atoms with Crippen LogP contribution in [0.5, 0.6) is 0 Å². The Bertz CT molecular complexity index is 209. The fourth-order valence-corrected chi connectivity index (χ4v) is 3.77. The molecular weight excluding hydrogens is 170 g/mol. The lowest BCUT2D eigenvalue weighted by atomic mass is 9.67. The molecule has 2 aliphatic rings. The van der Waals surface area contributed by atoms with E-state index in [0.29, 0.717) is 5.54 Å². The monoisotopic (exact) mass is 195 g/mol. The molecular formula is C13H25N. The van der Waals surface area contributed by atoms with Gasteiger partial charge in [0.15, 0.2) is 0 Å². The van der Waals surface area contributed by atoms with Gasteiger partial charge in [-0.15, -0.1) is 0 Å². The summed E-state index contributed by atoms with van der Waals surface area (Å²) in [4.78, 5) is 0. The molecule has 0 amide bonds. The van der Waals surface area contributed by atoms with Gasteiger partial charge in [-0.3, -0.25) is 0 Å². The minimum Gasteiger partial charge on any atom is -0.309 e. The van der Waals surface area contributed by atoms with Gasteiger partial charge < -0.3 is 5.32 Å². The maximum atomic E-state index is 3.86. The van der Waals surface area contributed by atoms with Gasteiger partial charge in [0.05, 0.1) is 0 Å². The largest absolute Gasteiger partial charge is 0.309 e. The third kappa shape index (κ3) is 1.98. The van der Waals surface area contributed by atoms with Crippen molar-refractivity contribution in [2.75, 3.05) is 0 Å². The van der Waals surface area contributed by atoms with Crippen molar-refractivity contribution >= 4 is 0 Å². The summed E-state index contributed by atoms with van der Waals surface area (Å²) in [5.41, 5.74) is 0.373. The van der Waals surface area contributed by atoms with Crippen LogP contribution in [0.3, 0.4) is 0 Å². The SMILES string of the molecule is CC1CCC2C(C)CC(C)(C)NC2C1. The van der Waals surface area contributed by atoms with Crippen molar-refractivity contribution in [1.29, 1.82) is 0 Å². The Balaban J connectivity index is 2.08. The highest BCUT2D eigenvalue weighted by Gasteiger charge is 2.40. The molecule has 0 spiro atoms. The van der Waals surface area contributed by atoms with Crippen LogP contribution >= 0.6 is 0 Å². The first kappa shape index (κ1) is 10.5. The second-order valence-corrected chi connectivity index (χ2v) is 6.40. The standard InChI is InChI=1S/C13H25N/c1-9-5-6-11-10(2)8-13(3,4)14-12(11)7-9/h9-12,14H,5-8H2,1-4H3. The van der Waals surface area contributed by atoms with E-state index in [1.54, 1.807) is 0 Å². The van der Waals surface area contributed by atoms with E-state index in [1.807, 2.05) is 0 Å². The van der Waals surface area contributed by atoms with Gasteiger partial charge in [0.25, 0.3) is 0 Å². The Morgan fingerprint density at radius 1 is 1.14 bits per heavy atom. The maximum Gasteiger partial charge on any atom is 0.0130 e. The number of fused-ring (bicyclic) bond motifs is 1. The van der Waals surface area contributed by atoms with Crippen LogP contribution in [0.2, 0.25) is 0 Å². The fraction of sp³-hybridized carbons (Fsp3) is 1.00. The first-order valence-corrected chi connectivity index (χ1v) is 6.25. The minimum absolute atomic E-state index is 0.373. The molecule has 82 valence electrons. The van der Waals surface area contributed by atoms with Crippen LogP contribution < -0.4 is 5.32 Å². The van der Waals surface area contributed by atoms with Gasteiger partial charge in [-0.25, -0.2) is 0 Å². The first-order chi connectivity index (χ1) is 6.48. The van der Waals surface area contributed by atoms with Gasteiger partial charge >= 0.3 is 0 Å². The molecule has 2 fully saturated rings. The predicted molar refractivity (Wildman–Crippen MR) is 61.3 cm³/mol. The van der Waals surface area contributed by atoms with Crippen LogP contribution in [-0.2, 0) is 0 Å². The summed E-state index contributed by atoms with van der Waals surface area (Å²) in [6, 6.07) is 0.803. The number of hydrogen-bond acceptors (Lipinski definition) is 1. The van der Waals surface area contributed by atoms with Crippen LogP contribution in [0.4, 0.5) is 0 Å². The van der Waals surface area contributed by atoms with E-state index in [0.717, 1.165) is 23.8 Å². The first-order valence-electron chi connectivity index (χ1n) is 6.25. The molecule has 0 aromatic rings. The molecule has 1 heteroatoms. The van der Waals surface area contributed by atoms with E-state index in [9.17, 15) is 0 Å². The van der Waals surface area contributed by atoms with Gasteiger partial charge in [-0.05, 0) is 50.9 Å². The molecule has 2 rings (SSSR count). The average molecular weight is 195 g/mol. The highest BCUT2D eigenvalue weighted by atomic mass is 15.0. The normalized spacial score (nSPS) is 47.1. The Kier molecular flexibility index (Phi) is 2.63. The highest BCUT2D eigenvalue weighted by molar-refractivity contribution is 4.97.